The fraction of sp³-hybridized carbons (Fsp3) is 0.200. The fourth-order valence-corrected chi connectivity index (χ4v) is 5.94. The number of esters is 1. The van der Waals surface area contributed by atoms with Crippen molar-refractivity contribution < 1.29 is 53.1 Å². The Kier molecular flexibility index (Phi) is 11.2. The van der Waals surface area contributed by atoms with Gasteiger partial charge in [0.1, 0.15) is 29.1 Å². The van der Waals surface area contributed by atoms with E-state index in [0.29, 0.717) is 45.1 Å². The summed E-state index contributed by atoms with van der Waals surface area (Å²) in [5.41, 5.74) is 2.86. The molecule has 6 rings (SSSR count). The van der Waals surface area contributed by atoms with Crippen molar-refractivity contribution >= 4 is 47.1 Å². The number of carbonyl (C=O) groups is 4. The molecule has 0 radical (unpaired) electrons. The minimum absolute atomic E-state index is 0.0533. The molecule has 0 bridgehead atoms. The lowest BCUT2D eigenvalue weighted by atomic mass is 9.96. The Morgan fingerprint density at radius 1 is 0.660 bits per heavy atom. The molecule has 2 aliphatic heterocycles. The summed E-state index contributed by atoms with van der Waals surface area (Å²) in [4.78, 5) is 51.2. The molecule has 0 unspecified atom stereocenters. The Hall–Kier alpha value is -6.44. The number of carbonyl (C=O) groups excluding carboxylic acids is 4. The number of phenolic OH excluding ortho intramolecular Hbond substituents is 2. The maximum atomic E-state index is 13.2. The van der Waals surface area contributed by atoms with Gasteiger partial charge in [-0.2, -0.15) is 0 Å². The summed E-state index contributed by atoms with van der Waals surface area (Å²) in [6, 6.07) is 21.7. The molecule has 2 amide bonds. The molecule has 2 fully saturated rings. The van der Waals surface area contributed by atoms with E-state index in [2.05, 4.69) is 10.6 Å². The molecule has 4 N–H and O–H groups in total. The van der Waals surface area contributed by atoms with E-state index in [1.165, 1.54) is 81.0 Å². The van der Waals surface area contributed by atoms with Gasteiger partial charge in [-0.1, -0.05) is 0 Å². The number of amides is 2. The molecule has 53 heavy (non-hydrogen) atoms. The number of rotatable bonds is 12. The number of hydrogen-bond donors (Lipinski definition) is 4. The van der Waals surface area contributed by atoms with Gasteiger partial charge in [0.05, 0.1) is 39.5 Å². The number of nitrogens with one attached hydrogen (secondary N) is 2. The third kappa shape index (κ3) is 8.72. The lowest BCUT2D eigenvalue weighted by Gasteiger charge is -2.16. The molecule has 0 saturated carbocycles. The summed E-state index contributed by atoms with van der Waals surface area (Å²) < 4.78 is 28.3. The SMILES string of the molecule is COc1cc(NC(=O)c2ccc(O)cc2)ccc1/C=C/C(=O)O[C@@H]1CO[C@H]2[C@@H]1OC[C@@H]2C(=O)/C=C/c1ccc(NC(=O)c2ccc(O)cc2)cc1OC. The normalized spacial score (nSPS) is 19.1. The first-order valence-electron chi connectivity index (χ1n) is 16.5. The van der Waals surface area contributed by atoms with Crippen LogP contribution in [0.15, 0.2) is 97.1 Å². The van der Waals surface area contributed by atoms with E-state index in [-0.39, 0.29) is 42.3 Å². The van der Waals surface area contributed by atoms with Gasteiger partial charge in [-0.25, -0.2) is 4.79 Å². The fourth-order valence-electron chi connectivity index (χ4n) is 5.94. The van der Waals surface area contributed by atoms with Crippen molar-refractivity contribution in [3.05, 3.63) is 119 Å². The number of ether oxygens (including phenoxy) is 5. The molecule has 0 spiro atoms. The van der Waals surface area contributed by atoms with Crippen LogP contribution in [0.2, 0.25) is 0 Å². The molecule has 13 heteroatoms. The van der Waals surface area contributed by atoms with E-state index >= 15 is 0 Å². The second kappa shape index (κ2) is 16.3. The summed E-state index contributed by atoms with van der Waals surface area (Å²) in [7, 11) is 2.95. The second-order valence-electron chi connectivity index (χ2n) is 12.2. The van der Waals surface area contributed by atoms with Gasteiger partial charge in [0, 0.05) is 51.8 Å². The van der Waals surface area contributed by atoms with E-state index in [4.69, 9.17) is 23.7 Å². The van der Waals surface area contributed by atoms with Crippen molar-refractivity contribution in [2.45, 2.75) is 18.3 Å². The minimum atomic E-state index is -0.720. The van der Waals surface area contributed by atoms with Crippen LogP contribution >= 0.6 is 0 Å². The van der Waals surface area contributed by atoms with Crippen LogP contribution in [0.4, 0.5) is 11.4 Å². The molecule has 4 atom stereocenters. The Bertz CT molecular complexity index is 2060. The molecular formula is C40H36N2O11. The number of ketones is 1. The number of phenols is 2. The van der Waals surface area contributed by atoms with Crippen LogP contribution in [0.5, 0.6) is 23.0 Å². The smallest absolute Gasteiger partial charge is 0.331 e. The van der Waals surface area contributed by atoms with Crippen LogP contribution in [-0.4, -0.2) is 79.5 Å². The Balaban J connectivity index is 1.02. The summed E-state index contributed by atoms with van der Waals surface area (Å²) in [5.74, 6) is -1.26. The summed E-state index contributed by atoms with van der Waals surface area (Å²) in [6.07, 6.45) is 3.87. The lowest BCUT2D eigenvalue weighted by Crippen LogP contribution is -2.34. The average Bonchev–Trinajstić information content (AvgIpc) is 3.77. The number of benzene rings is 4. The van der Waals surface area contributed by atoms with Gasteiger partial charge in [-0.15, -0.1) is 0 Å². The van der Waals surface area contributed by atoms with Crippen molar-refractivity contribution in [3.63, 3.8) is 0 Å². The molecule has 272 valence electrons. The van der Waals surface area contributed by atoms with E-state index in [0.717, 1.165) is 0 Å². The number of hydrogen-bond acceptors (Lipinski definition) is 11. The van der Waals surface area contributed by atoms with Crippen LogP contribution in [0.1, 0.15) is 31.8 Å². The second-order valence-corrected chi connectivity index (χ2v) is 12.2. The van der Waals surface area contributed by atoms with Crippen molar-refractivity contribution in [1.29, 1.82) is 0 Å². The van der Waals surface area contributed by atoms with Crippen molar-refractivity contribution in [2.75, 3.05) is 38.1 Å². The van der Waals surface area contributed by atoms with Crippen LogP contribution in [0.25, 0.3) is 12.2 Å². The maximum absolute atomic E-state index is 13.2. The van der Waals surface area contributed by atoms with E-state index < -0.39 is 30.2 Å². The highest BCUT2D eigenvalue weighted by molar-refractivity contribution is 6.05. The Morgan fingerprint density at radius 3 is 1.66 bits per heavy atom. The monoisotopic (exact) mass is 720 g/mol. The van der Waals surface area contributed by atoms with Crippen LogP contribution in [0.3, 0.4) is 0 Å². The lowest BCUT2D eigenvalue weighted by molar-refractivity contribution is -0.147. The van der Waals surface area contributed by atoms with Crippen molar-refractivity contribution in [2.24, 2.45) is 5.92 Å². The first kappa shape index (κ1) is 36.4. The largest absolute Gasteiger partial charge is 0.508 e. The zero-order chi connectivity index (χ0) is 37.5. The summed E-state index contributed by atoms with van der Waals surface area (Å²) in [6.45, 7) is 0.154. The standard InChI is InChI=1S/C40H36N2O11/c1-49-33-19-27(41-39(47)25-5-13-29(43)14-6-25)11-3-23(33)9-17-32(45)31-21-51-38-35(22-52-37(31)38)53-36(46)18-10-24-4-12-28(20-34(24)50-2)42-40(48)26-7-15-30(44)16-8-26/h3-20,31,35,37-38,43-44H,21-22H2,1-2H3,(H,41,47)(H,42,48)/b17-9+,18-10+/t31-,35-,37-,38-/m1/s1. The zero-order valence-corrected chi connectivity index (χ0v) is 28.7. The molecule has 4 aromatic carbocycles. The van der Waals surface area contributed by atoms with Gasteiger partial charge in [0.15, 0.2) is 11.9 Å². The number of fused-ring (bicyclic) bond motifs is 1. The maximum Gasteiger partial charge on any atom is 0.331 e. The molecule has 2 heterocycles. The average molecular weight is 721 g/mol. The Labute approximate surface area is 304 Å². The van der Waals surface area contributed by atoms with Crippen LogP contribution in [-0.2, 0) is 23.8 Å². The van der Waals surface area contributed by atoms with E-state index in [1.54, 1.807) is 42.5 Å². The van der Waals surface area contributed by atoms with Gasteiger partial charge in [0.2, 0.25) is 0 Å². The van der Waals surface area contributed by atoms with E-state index in [1.807, 2.05) is 0 Å². The Morgan fingerprint density at radius 2 is 1.15 bits per heavy atom. The molecule has 13 nitrogen and oxygen atoms in total. The van der Waals surface area contributed by atoms with Gasteiger partial charge < -0.3 is 44.5 Å². The number of methoxy groups -OCH3 is 2. The van der Waals surface area contributed by atoms with Gasteiger partial charge in [-0.05, 0) is 91.0 Å². The third-order valence-electron chi connectivity index (χ3n) is 8.71. The van der Waals surface area contributed by atoms with Crippen LogP contribution in [0, 0.1) is 5.92 Å². The summed E-state index contributed by atoms with van der Waals surface area (Å²) >= 11 is 0. The summed E-state index contributed by atoms with van der Waals surface area (Å²) in [5, 5.41) is 24.5. The highest BCUT2D eigenvalue weighted by atomic mass is 16.6. The number of aromatic hydroxyl groups is 2. The number of allylic oxidation sites excluding steroid dienone is 1. The predicted octanol–water partition coefficient (Wildman–Crippen LogP) is 5.24. The first-order valence-corrected chi connectivity index (χ1v) is 16.5. The van der Waals surface area contributed by atoms with E-state index in [9.17, 15) is 29.4 Å². The van der Waals surface area contributed by atoms with Gasteiger partial charge in [-0.3, -0.25) is 14.4 Å². The van der Waals surface area contributed by atoms with Crippen molar-refractivity contribution in [1.82, 2.24) is 0 Å². The van der Waals surface area contributed by atoms with Crippen molar-refractivity contribution in [3.8, 4) is 23.0 Å². The molecule has 4 aromatic rings. The number of anilines is 2. The minimum Gasteiger partial charge on any atom is -0.508 e. The molecule has 0 aromatic heterocycles. The highest BCUT2D eigenvalue weighted by Crippen LogP contribution is 2.34. The third-order valence-corrected chi connectivity index (χ3v) is 8.71. The molecule has 2 saturated heterocycles. The van der Waals surface area contributed by atoms with Crippen LogP contribution < -0.4 is 20.1 Å². The first-order chi connectivity index (χ1) is 25.6. The zero-order valence-electron chi connectivity index (χ0n) is 28.7. The highest BCUT2D eigenvalue weighted by Gasteiger charge is 2.51. The quantitative estimate of drug-likeness (QED) is 0.111. The van der Waals surface area contributed by atoms with Gasteiger partial charge >= 0.3 is 5.97 Å². The van der Waals surface area contributed by atoms with Gasteiger partial charge in [0.25, 0.3) is 11.8 Å². The predicted molar refractivity (Wildman–Crippen MR) is 194 cm³/mol. The molecular weight excluding hydrogens is 684 g/mol. The molecule has 2 aliphatic rings. The molecule has 0 aliphatic carbocycles. The topological polar surface area (TPSA) is 179 Å².